The SMILES string of the molecule is O=C(C#CCCCCl)c1ccccc1O. The number of benzene rings is 1. The zero-order valence-corrected chi connectivity index (χ0v) is 8.92. The monoisotopic (exact) mass is 222 g/mol. The van der Waals surface area contributed by atoms with E-state index in [0.29, 0.717) is 12.3 Å². The second-order valence-corrected chi connectivity index (χ2v) is 3.32. The van der Waals surface area contributed by atoms with E-state index >= 15 is 0 Å². The molecule has 15 heavy (non-hydrogen) atoms. The molecule has 78 valence electrons. The van der Waals surface area contributed by atoms with Gasteiger partial charge in [-0.05, 0) is 24.5 Å². The molecule has 0 heterocycles. The van der Waals surface area contributed by atoms with Crippen LogP contribution in [-0.4, -0.2) is 16.8 Å². The van der Waals surface area contributed by atoms with Crippen LogP contribution in [0.1, 0.15) is 23.2 Å². The maximum atomic E-state index is 11.5. The number of aromatic hydroxyl groups is 1. The van der Waals surface area contributed by atoms with E-state index in [1.807, 2.05) is 0 Å². The average Bonchev–Trinajstić information content (AvgIpc) is 2.25. The summed E-state index contributed by atoms with van der Waals surface area (Å²) < 4.78 is 0. The number of para-hydroxylation sites is 1. The number of Topliss-reactive ketones (excluding diaryl/α,β-unsaturated/α-hetero) is 1. The first-order chi connectivity index (χ1) is 7.25. The van der Waals surface area contributed by atoms with Crippen LogP contribution in [0, 0.1) is 11.8 Å². The largest absolute Gasteiger partial charge is 0.507 e. The van der Waals surface area contributed by atoms with E-state index in [2.05, 4.69) is 11.8 Å². The zero-order valence-electron chi connectivity index (χ0n) is 8.16. The molecule has 0 amide bonds. The van der Waals surface area contributed by atoms with Crippen molar-refractivity contribution < 1.29 is 9.90 Å². The van der Waals surface area contributed by atoms with Crippen LogP contribution in [-0.2, 0) is 0 Å². The van der Waals surface area contributed by atoms with Gasteiger partial charge in [-0.2, -0.15) is 0 Å². The Morgan fingerprint density at radius 1 is 1.40 bits per heavy atom. The fourth-order valence-electron chi connectivity index (χ4n) is 1.03. The minimum atomic E-state index is -0.359. The molecule has 3 heteroatoms. The van der Waals surface area contributed by atoms with Crippen LogP contribution >= 0.6 is 11.6 Å². The molecule has 0 aromatic heterocycles. The van der Waals surface area contributed by atoms with E-state index < -0.39 is 0 Å². The van der Waals surface area contributed by atoms with Crippen LogP contribution in [0.2, 0.25) is 0 Å². The predicted molar refractivity (Wildman–Crippen MR) is 60.2 cm³/mol. The summed E-state index contributed by atoms with van der Waals surface area (Å²) in [4.78, 5) is 11.5. The average molecular weight is 223 g/mol. The lowest BCUT2D eigenvalue weighted by Gasteiger charge is -1.96. The molecule has 1 aromatic rings. The van der Waals surface area contributed by atoms with Gasteiger partial charge >= 0.3 is 0 Å². The van der Waals surface area contributed by atoms with Gasteiger partial charge in [0, 0.05) is 12.3 Å². The van der Waals surface area contributed by atoms with Crippen LogP contribution in [0.3, 0.4) is 0 Å². The summed E-state index contributed by atoms with van der Waals surface area (Å²) in [6, 6.07) is 6.36. The number of rotatable bonds is 3. The summed E-state index contributed by atoms with van der Waals surface area (Å²) in [5.74, 6) is 5.33. The number of hydrogen-bond donors (Lipinski definition) is 1. The molecule has 2 nitrogen and oxygen atoms in total. The standard InChI is InChI=1S/C12H11ClO2/c13-9-5-1-2-7-11(14)10-6-3-4-8-12(10)15/h3-4,6,8,15H,1,5,9H2. The number of hydrogen-bond acceptors (Lipinski definition) is 2. The van der Waals surface area contributed by atoms with Gasteiger partial charge < -0.3 is 5.11 Å². The third kappa shape index (κ3) is 3.65. The summed E-state index contributed by atoms with van der Waals surface area (Å²) in [7, 11) is 0. The molecule has 1 rings (SSSR count). The third-order valence-corrected chi connectivity index (χ3v) is 2.05. The van der Waals surface area contributed by atoms with Crippen molar-refractivity contribution in [1.29, 1.82) is 0 Å². The number of phenols is 1. The van der Waals surface area contributed by atoms with Crippen molar-refractivity contribution in [3.63, 3.8) is 0 Å². The van der Waals surface area contributed by atoms with Crippen LogP contribution in [0.15, 0.2) is 24.3 Å². The van der Waals surface area contributed by atoms with E-state index in [0.717, 1.165) is 6.42 Å². The summed E-state index contributed by atoms with van der Waals surface area (Å²) in [6.45, 7) is 0. The fourth-order valence-corrected chi connectivity index (χ4v) is 1.16. The smallest absolute Gasteiger partial charge is 0.239 e. The van der Waals surface area contributed by atoms with Gasteiger partial charge in [-0.15, -0.1) is 11.6 Å². The highest BCUT2D eigenvalue weighted by Crippen LogP contribution is 2.15. The Bertz CT molecular complexity index is 402. The van der Waals surface area contributed by atoms with Crippen molar-refractivity contribution in [2.75, 3.05) is 5.88 Å². The van der Waals surface area contributed by atoms with Crippen LogP contribution < -0.4 is 0 Å². The van der Waals surface area contributed by atoms with Crippen molar-refractivity contribution in [1.82, 2.24) is 0 Å². The number of carbonyl (C=O) groups is 1. The second kappa shape index (κ2) is 6.10. The number of phenolic OH excluding ortho intramolecular Hbond substituents is 1. The van der Waals surface area contributed by atoms with E-state index in [1.54, 1.807) is 18.2 Å². The maximum Gasteiger partial charge on any atom is 0.239 e. The van der Waals surface area contributed by atoms with Gasteiger partial charge in [-0.1, -0.05) is 18.1 Å². The van der Waals surface area contributed by atoms with Crippen LogP contribution in [0.25, 0.3) is 0 Å². The molecular weight excluding hydrogens is 212 g/mol. The van der Waals surface area contributed by atoms with Gasteiger partial charge in [0.15, 0.2) is 0 Å². The van der Waals surface area contributed by atoms with E-state index in [9.17, 15) is 9.90 Å². The Morgan fingerprint density at radius 3 is 2.80 bits per heavy atom. The summed E-state index contributed by atoms with van der Waals surface area (Å²) in [6.07, 6.45) is 1.37. The minimum Gasteiger partial charge on any atom is -0.507 e. The summed E-state index contributed by atoms with van der Waals surface area (Å²) >= 11 is 5.47. The lowest BCUT2D eigenvalue weighted by Crippen LogP contribution is -1.94. The first-order valence-corrected chi connectivity index (χ1v) is 5.16. The van der Waals surface area contributed by atoms with Gasteiger partial charge in [-0.3, -0.25) is 4.79 Å². The first kappa shape index (κ1) is 11.6. The van der Waals surface area contributed by atoms with E-state index in [-0.39, 0.29) is 17.1 Å². The highest BCUT2D eigenvalue weighted by atomic mass is 35.5. The molecule has 1 aromatic carbocycles. The molecule has 0 aliphatic carbocycles. The Balaban J connectivity index is 2.68. The molecule has 0 aliphatic heterocycles. The Morgan fingerprint density at radius 2 is 2.13 bits per heavy atom. The molecule has 0 fully saturated rings. The Labute approximate surface area is 93.9 Å². The van der Waals surface area contributed by atoms with Crippen LogP contribution in [0.4, 0.5) is 0 Å². The Kier molecular flexibility index (Phi) is 4.73. The zero-order chi connectivity index (χ0) is 11.1. The first-order valence-electron chi connectivity index (χ1n) is 4.63. The number of unbranched alkanes of at least 4 members (excludes halogenated alkanes) is 1. The molecule has 0 atom stereocenters. The topological polar surface area (TPSA) is 37.3 Å². The van der Waals surface area contributed by atoms with Crippen LogP contribution in [0.5, 0.6) is 5.75 Å². The molecule has 1 N–H and O–H groups in total. The van der Waals surface area contributed by atoms with Gasteiger partial charge in [0.2, 0.25) is 5.78 Å². The number of carbonyl (C=O) groups excluding carboxylic acids is 1. The predicted octanol–water partition coefficient (Wildman–Crippen LogP) is 2.60. The second-order valence-electron chi connectivity index (χ2n) is 2.94. The lowest BCUT2D eigenvalue weighted by atomic mass is 10.1. The maximum absolute atomic E-state index is 11.5. The molecule has 0 radical (unpaired) electrons. The molecular formula is C12H11ClO2. The summed E-state index contributed by atoms with van der Waals surface area (Å²) in [5, 5.41) is 9.37. The highest BCUT2D eigenvalue weighted by Gasteiger charge is 2.06. The van der Waals surface area contributed by atoms with Crippen molar-refractivity contribution in [3.05, 3.63) is 29.8 Å². The molecule has 0 aliphatic rings. The minimum absolute atomic E-state index is 0.0332. The van der Waals surface area contributed by atoms with Crippen molar-refractivity contribution >= 4 is 17.4 Å². The van der Waals surface area contributed by atoms with Crippen molar-refractivity contribution in [3.8, 4) is 17.6 Å². The molecule has 0 spiro atoms. The van der Waals surface area contributed by atoms with Crippen molar-refractivity contribution in [2.45, 2.75) is 12.8 Å². The molecule has 0 unspecified atom stereocenters. The van der Waals surface area contributed by atoms with E-state index in [4.69, 9.17) is 11.6 Å². The van der Waals surface area contributed by atoms with Gasteiger partial charge in [0.1, 0.15) is 5.75 Å². The Hall–Kier alpha value is -1.46. The third-order valence-electron chi connectivity index (χ3n) is 1.79. The lowest BCUT2D eigenvalue weighted by molar-refractivity contribution is 0.105. The van der Waals surface area contributed by atoms with Gasteiger partial charge in [0.05, 0.1) is 5.56 Å². The van der Waals surface area contributed by atoms with E-state index in [1.165, 1.54) is 6.07 Å². The number of halogens is 1. The molecule has 0 saturated carbocycles. The van der Waals surface area contributed by atoms with Gasteiger partial charge in [0.25, 0.3) is 0 Å². The molecule has 0 saturated heterocycles. The fraction of sp³-hybridized carbons (Fsp3) is 0.250. The number of alkyl halides is 1. The van der Waals surface area contributed by atoms with Crippen molar-refractivity contribution in [2.24, 2.45) is 0 Å². The quantitative estimate of drug-likeness (QED) is 0.281. The highest BCUT2D eigenvalue weighted by molar-refractivity contribution is 6.17. The molecule has 0 bridgehead atoms. The number of ketones is 1. The van der Waals surface area contributed by atoms with Gasteiger partial charge in [-0.25, -0.2) is 0 Å². The summed E-state index contributed by atoms with van der Waals surface area (Å²) in [5.41, 5.74) is 0.246. The normalized spacial score (nSPS) is 9.13.